The molecule has 6 rings (SSSR count). The van der Waals surface area contributed by atoms with E-state index in [-0.39, 0.29) is 40.4 Å². The molecule has 1 aliphatic heterocycles. The Labute approximate surface area is 408 Å². The molecule has 2 aromatic carbocycles. The molecule has 4 aliphatic rings. The Balaban J connectivity index is 1.56. The van der Waals surface area contributed by atoms with Crippen LogP contribution in [0.1, 0.15) is 111 Å². The lowest BCUT2D eigenvalue weighted by Crippen LogP contribution is -2.71. The quantitative estimate of drug-likeness (QED) is 0.123. The van der Waals surface area contributed by atoms with E-state index < -0.39 is 126 Å². The molecule has 2 bridgehead atoms. The number of rotatable bonds is 13. The van der Waals surface area contributed by atoms with E-state index in [0.29, 0.717) is 11.3 Å². The number of aliphatic hydroxyl groups is 3. The molecule has 0 aromatic heterocycles. The summed E-state index contributed by atoms with van der Waals surface area (Å²) < 4.78 is 47.8. The van der Waals surface area contributed by atoms with Crippen LogP contribution in [0.2, 0.25) is 0 Å². The Morgan fingerprint density at radius 2 is 1.57 bits per heavy atom. The second-order valence-corrected chi connectivity index (χ2v) is 20.7. The van der Waals surface area contributed by atoms with Crippen LogP contribution < -0.4 is 9.47 Å². The molecule has 1 saturated carbocycles. The molecule has 18 nitrogen and oxygen atoms in total. The van der Waals surface area contributed by atoms with Crippen LogP contribution in [0, 0.1) is 22.7 Å². The van der Waals surface area contributed by atoms with Gasteiger partial charge in [-0.3, -0.25) is 19.3 Å². The molecule has 0 spiro atoms. The van der Waals surface area contributed by atoms with Gasteiger partial charge in [0.2, 0.25) is 0 Å². The van der Waals surface area contributed by atoms with Crippen LogP contribution in [-0.2, 0) is 47.6 Å². The molecule has 1 amide bonds. The maximum Gasteiger partial charge on any atom is 0.413 e. The van der Waals surface area contributed by atoms with Gasteiger partial charge in [0.25, 0.3) is 0 Å². The largest absolute Gasteiger partial charge is 0.497 e. The summed E-state index contributed by atoms with van der Waals surface area (Å²) in [5.74, 6) is -5.72. The van der Waals surface area contributed by atoms with Crippen molar-refractivity contribution >= 4 is 35.8 Å². The van der Waals surface area contributed by atoms with Gasteiger partial charge in [-0.15, -0.1) is 0 Å². The third-order valence-corrected chi connectivity index (χ3v) is 14.1. The number of amides is 1. The zero-order valence-electron chi connectivity index (χ0n) is 42.1. The Hall–Kier alpha value is -5.82. The van der Waals surface area contributed by atoms with Crippen LogP contribution in [0.25, 0.3) is 0 Å². The standard InChI is InChI=1S/C52H67NO17/c1-27(2)21-35-39(68-44(53(35)47(60)70-48(6,7)8)34-20-19-33(63-12)22-36(34)64-13)46(59)67-37-24-52(62)43(69-45(58)31-17-15-14-16-18-31)41-50(11,23-32(25-54)51(41,61)26-65-29(4)55)42(57)40(66-30(5)56)38(28(37)3)49(52,9)10/h14-20,22-23,27,35,37,39-41,43-44,54,61-62H,21,24-26H2,1-13H3/t35-,37+,39-,40-,41+,43+,44?,50-,51-,52-/m1/s1. The number of benzene rings is 2. The average Bonchev–Trinajstić information content (AvgIpc) is 3.76. The van der Waals surface area contributed by atoms with E-state index in [1.165, 1.54) is 44.3 Å². The highest BCUT2D eigenvalue weighted by Crippen LogP contribution is 2.63. The number of ketones is 1. The number of carbonyl (C=O) groups is 6. The van der Waals surface area contributed by atoms with Crippen molar-refractivity contribution in [1.82, 2.24) is 4.90 Å². The van der Waals surface area contributed by atoms with Gasteiger partial charge in [-0.1, -0.05) is 52.0 Å². The number of esters is 4. The number of hydrogen-bond acceptors (Lipinski definition) is 17. The van der Waals surface area contributed by atoms with Gasteiger partial charge < -0.3 is 53.2 Å². The Morgan fingerprint density at radius 1 is 0.914 bits per heavy atom. The zero-order valence-corrected chi connectivity index (χ0v) is 42.1. The molecular formula is C52H67NO17. The van der Waals surface area contributed by atoms with Crippen LogP contribution in [0.15, 0.2) is 71.3 Å². The summed E-state index contributed by atoms with van der Waals surface area (Å²) in [5.41, 5.74) is -9.26. The van der Waals surface area contributed by atoms with Crippen LogP contribution in [-0.4, -0.2) is 131 Å². The van der Waals surface area contributed by atoms with Crippen molar-refractivity contribution in [1.29, 1.82) is 0 Å². The zero-order chi connectivity index (χ0) is 52.1. The fourth-order valence-corrected chi connectivity index (χ4v) is 10.8. The topological polar surface area (TPSA) is 240 Å². The normalized spacial score (nSPS) is 30.4. The van der Waals surface area contributed by atoms with Gasteiger partial charge in [-0.25, -0.2) is 14.4 Å². The second-order valence-electron chi connectivity index (χ2n) is 20.7. The number of hydrogen-bond donors (Lipinski definition) is 3. The highest BCUT2D eigenvalue weighted by Gasteiger charge is 2.73. The van der Waals surface area contributed by atoms with Gasteiger partial charge >= 0.3 is 30.0 Å². The van der Waals surface area contributed by atoms with Crippen LogP contribution in [0.5, 0.6) is 11.5 Å². The lowest BCUT2D eigenvalue weighted by Gasteiger charge is -2.59. The van der Waals surface area contributed by atoms with Gasteiger partial charge in [0.1, 0.15) is 47.1 Å². The predicted molar refractivity (Wildman–Crippen MR) is 249 cm³/mol. The van der Waals surface area contributed by atoms with Gasteiger partial charge in [0.15, 0.2) is 24.2 Å². The smallest absolute Gasteiger partial charge is 0.413 e. The first kappa shape index (κ1) is 53.5. The Morgan fingerprint density at radius 3 is 2.13 bits per heavy atom. The first-order chi connectivity index (χ1) is 32.6. The van der Waals surface area contributed by atoms with Gasteiger partial charge in [0.05, 0.1) is 43.8 Å². The molecule has 1 unspecified atom stereocenters. The van der Waals surface area contributed by atoms with Gasteiger partial charge in [-0.2, -0.15) is 0 Å². The molecule has 3 N–H and O–H groups in total. The van der Waals surface area contributed by atoms with E-state index in [1.807, 2.05) is 13.8 Å². The number of methoxy groups -OCH3 is 2. The lowest BCUT2D eigenvalue weighted by atomic mass is 9.50. The van der Waals surface area contributed by atoms with E-state index >= 15 is 9.59 Å². The maximum absolute atomic E-state index is 15.5. The number of ether oxygens (including phenoxy) is 8. The average molecular weight is 978 g/mol. The fourth-order valence-electron chi connectivity index (χ4n) is 10.8. The molecule has 2 aromatic rings. The highest BCUT2D eigenvalue weighted by atomic mass is 16.6. The predicted octanol–water partition coefficient (Wildman–Crippen LogP) is 5.73. The minimum Gasteiger partial charge on any atom is -0.497 e. The summed E-state index contributed by atoms with van der Waals surface area (Å²) >= 11 is 0. The molecule has 2 fully saturated rings. The van der Waals surface area contributed by atoms with Crippen LogP contribution in [0.4, 0.5) is 4.79 Å². The molecule has 3 aliphatic carbocycles. The summed E-state index contributed by atoms with van der Waals surface area (Å²) in [6, 6.07) is 11.6. The van der Waals surface area contributed by atoms with Crippen molar-refractivity contribution < 1.29 is 82.0 Å². The molecule has 1 saturated heterocycles. The summed E-state index contributed by atoms with van der Waals surface area (Å²) in [6.45, 7) is 15.4. The number of aliphatic hydroxyl groups excluding tert-OH is 1. The van der Waals surface area contributed by atoms with Gasteiger partial charge in [0, 0.05) is 37.3 Å². The number of allylic oxidation sites excluding steroid dienone is 1. The summed E-state index contributed by atoms with van der Waals surface area (Å²) in [6.07, 6.45) is -7.92. The SMILES string of the molecule is COc1ccc(C2O[C@@H](C(=O)O[C@H]3C[C@@]4(O)[C@@H](OC(=O)c5ccccc5)[C@H]5[C@@](C)(C=C(CO)[C@]5(O)COC(C)=O)C(=O)[C@H](OC(C)=O)C(=C3C)C4(C)C)[C@@H](CC(C)C)N2C(=O)OC(C)(C)C)c(OC)c1. The molecule has 0 radical (unpaired) electrons. The first-order valence-corrected chi connectivity index (χ1v) is 23.3. The third-order valence-electron chi connectivity index (χ3n) is 14.1. The lowest BCUT2D eigenvalue weighted by molar-refractivity contribution is -0.228. The Kier molecular flexibility index (Phi) is 15.1. The van der Waals surface area contributed by atoms with Crippen LogP contribution >= 0.6 is 0 Å². The summed E-state index contributed by atoms with van der Waals surface area (Å²) in [5, 5.41) is 37.5. The molecular weight excluding hydrogens is 911 g/mol. The number of fused-ring (bicyclic) bond motifs is 3. The van der Waals surface area contributed by atoms with Gasteiger partial charge in [-0.05, 0) is 87.9 Å². The fraction of sp³-hybridized carbons (Fsp3) is 0.577. The number of carbonyl (C=O) groups excluding carboxylic acids is 6. The van der Waals surface area contributed by atoms with E-state index in [4.69, 9.17) is 37.9 Å². The van der Waals surface area contributed by atoms with Crippen molar-refractivity contribution in [3.63, 3.8) is 0 Å². The van der Waals surface area contributed by atoms with Crippen molar-refractivity contribution in [3.05, 3.63) is 82.5 Å². The van der Waals surface area contributed by atoms with Crippen molar-refractivity contribution in [3.8, 4) is 11.5 Å². The van der Waals surface area contributed by atoms with Crippen molar-refractivity contribution in [2.24, 2.45) is 22.7 Å². The van der Waals surface area contributed by atoms with E-state index in [1.54, 1.807) is 77.9 Å². The number of Topliss-reactive ketones (excluding diaryl/α,β-unsaturated/α-hetero) is 1. The maximum atomic E-state index is 15.5. The molecule has 1 heterocycles. The summed E-state index contributed by atoms with van der Waals surface area (Å²) in [4.78, 5) is 86.3. The Bertz CT molecular complexity index is 2440. The monoisotopic (exact) mass is 977 g/mol. The second kappa shape index (κ2) is 19.8. The minimum atomic E-state index is -2.50. The molecule has 18 heteroatoms. The first-order valence-electron chi connectivity index (χ1n) is 23.3. The summed E-state index contributed by atoms with van der Waals surface area (Å²) in [7, 11) is 2.91. The molecule has 382 valence electrons. The van der Waals surface area contributed by atoms with Crippen molar-refractivity contribution in [2.75, 3.05) is 27.4 Å². The van der Waals surface area contributed by atoms with E-state index in [2.05, 4.69) is 0 Å². The van der Waals surface area contributed by atoms with Crippen LogP contribution in [0.3, 0.4) is 0 Å². The van der Waals surface area contributed by atoms with Crippen molar-refractivity contribution in [2.45, 2.75) is 142 Å². The van der Waals surface area contributed by atoms with E-state index in [9.17, 15) is 34.5 Å². The molecule has 10 atom stereocenters. The molecule has 70 heavy (non-hydrogen) atoms. The highest BCUT2D eigenvalue weighted by molar-refractivity contribution is 5.97. The number of nitrogens with zero attached hydrogens (tertiary/aromatic N) is 1. The van der Waals surface area contributed by atoms with E-state index in [0.717, 1.165) is 13.8 Å². The third kappa shape index (κ3) is 9.66. The minimum absolute atomic E-state index is 0.0105.